The van der Waals surface area contributed by atoms with Crippen LogP contribution in [0.2, 0.25) is 5.02 Å². The Morgan fingerprint density at radius 1 is 0.867 bits per heavy atom. The summed E-state index contributed by atoms with van der Waals surface area (Å²) in [7, 11) is 0. The quantitative estimate of drug-likeness (QED) is 0.598. The van der Waals surface area contributed by atoms with E-state index in [0.29, 0.717) is 12.1 Å². The molecular formula is C8H3ClF6. The maximum absolute atomic E-state index is 12.1. The molecule has 1 aromatic carbocycles. The minimum absolute atomic E-state index is 0.254. The van der Waals surface area contributed by atoms with E-state index in [4.69, 9.17) is 11.6 Å². The van der Waals surface area contributed by atoms with E-state index in [-0.39, 0.29) is 6.07 Å². The van der Waals surface area contributed by atoms with Crippen LogP contribution in [0.3, 0.4) is 0 Å². The van der Waals surface area contributed by atoms with Gasteiger partial charge in [-0.1, -0.05) is 11.6 Å². The van der Waals surface area contributed by atoms with Crippen LogP contribution < -0.4 is 0 Å². The van der Waals surface area contributed by atoms with Gasteiger partial charge >= 0.3 is 12.4 Å². The van der Waals surface area contributed by atoms with Crippen LogP contribution in [-0.2, 0) is 12.4 Å². The lowest BCUT2D eigenvalue weighted by atomic mass is 10.1. The van der Waals surface area contributed by atoms with E-state index in [1.165, 1.54) is 0 Å². The minimum atomic E-state index is -4.75. The summed E-state index contributed by atoms with van der Waals surface area (Å²) in [6.45, 7) is 0. The average Bonchev–Trinajstić information content (AvgIpc) is 1.99. The maximum Gasteiger partial charge on any atom is 0.417 e. The van der Waals surface area contributed by atoms with Crippen molar-refractivity contribution in [3.63, 3.8) is 0 Å². The summed E-state index contributed by atoms with van der Waals surface area (Å²) in [5.74, 6) is 0. The molecule has 1 aromatic rings. The Labute approximate surface area is 85.5 Å². The van der Waals surface area contributed by atoms with Gasteiger partial charge in [-0.3, -0.25) is 0 Å². The van der Waals surface area contributed by atoms with Gasteiger partial charge in [-0.2, -0.15) is 26.3 Å². The van der Waals surface area contributed by atoms with Crippen LogP contribution >= 0.6 is 11.6 Å². The molecule has 0 aliphatic carbocycles. The van der Waals surface area contributed by atoms with Crippen LogP contribution in [0.5, 0.6) is 0 Å². The fraction of sp³-hybridized carbons (Fsp3) is 0.250. The molecule has 0 radical (unpaired) electrons. The molecule has 0 saturated carbocycles. The highest BCUT2D eigenvalue weighted by Gasteiger charge is 2.36. The van der Waals surface area contributed by atoms with Gasteiger partial charge in [0.05, 0.1) is 16.1 Å². The van der Waals surface area contributed by atoms with Gasteiger partial charge in [-0.25, -0.2) is 0 Å². The summed E-state index contributed by atoms with van der Waals surface area (Å²) >= 11 is 5.10. The zero-order valence-electron chi connectivity index (χ0n) is 6.88. The van der Waals surface area contributed by atoms with Crippen LogP contribution in [0.4, 0.5) is 26.3 Å². The van der Waals surface area contributed by atoms with Crippen molar-refractivity contribution in [3.8, 4) is 0 Å². The van der Waals surface area contributed by atoms with Crippen molar-refractivity contribution in [1.82, 2.24) is 0 Å². The average molecular weight is 249 g/mol. The summed E-state index contributed by atoms with van der Waals surface area (Å²) in [5.41, 5.74) is -2.49. The molecular weight excluding hydrogens is 246 g/mol. The van der Waals surface area contributed by atoms with Crippen molar-refractivity contribution in [2.45, 2.75) is 12.4 Å². The van der Waals surface area contributed by atoms with E-state index < -0.39 is 28.5 Å². The molecule has 0 bridgehead atoms. The van der Waals surface area contributed by atoms with Gasteiger partial charge in [0.2, 0.25) is 0 Å². The zero-order valence-corrected chi connectivity index (χ0v) is 7.63. The highest BCUT2D eigenvalue weighted by atomic mass is 35.5. The predicted molar refractivity (Wildman–Crippen MR) is 41.5 cm³/mol. The highest BCUT2D eigenvalue weighted by molar-refractivity contribution is 6.31. The fourth-order valence-corrected chi connectivity index (χ4v) is 1.21. The van der Waals surface area contributed by atoms with E-state index in [1.807, 2.05) is 0 Å². The molecule has 84 valence electrons. The molecule has 0 aliphatic heterocycles. The third-order valence-corrected chi connectivity index (χ3v) is 1.91. The van der Waals surface area contributed by atoms with Gasteiger partial charge in [-0.15, -0.1) is 0 Å². The van der Waals surface area contributed by atoms with Crippen molar-refractivity contribution < 1.29 is 26.3 Å². The van der Waals surface area contributed by atoms with Crippen LogP contribution in [0, 0.1) is 0 Å². The van der Waals surface area contributed by atoms with Gasteiger partial charge in [-0.05, 0) is 18.2 Å². The first-order valence-electron chi connectivity index (χ1n) is 3.56. The molecule has 0 unspecified atom stereocenters. The van der Waals surface area contributed by atoms with Crippen molar-refractivity contribution in [3.05, 3.63) is 34.3 Å². The summed E-state index contributed by atoms with van der Waals surface area (Å²) in [6.07, 6.45) is -9.45. The van der Waals surface area contributed by atoms with Crippen LogP contribution in [-0.4, -0.2) is 0 Å². The zero-order chi connectivity index (χ0) is 11.9. The molecule has 15 heavy (non-hydrogen) atoms. The largest absolute Gasteiger partial charge is 0.417 e. The standard InChI is InChI=1S/C8H3ClF6/c9-6-3-4(7(10,11)12)1-2-5(6)8(13,14)15/h1-3H. The Morgan fingerprint density at radius 3 is 1.73 bits per heavy atom. The molecule has 0 fully saturated rings. The number of halogens is 7. The summed E-state index contributed by atoms with van der Waals surface area (Å²) in [5, 5.41) is -0.961. The Hall–Kier alpha value is -0.910. The Balaban J connectivity index is 3.21. The first kappa shape index (κ1) is 12.2. The lowest BCUT2D eigenvalue weighted by molar-refractivity contribution is -0.141. The van der Waals surface area contributed by atoms with Crippen LogP contribution in [0.25, 0.3) is 0 Å². The third-order valence-electron chi connectivity index (χ3n) is 1.60. The van der Waals surface area contributed by atoms with Gasteiger partial charge in [0.25, 0.3) is 0 Å². The van der Waals surface area contributed by atoms with Gasteiger partial charge < -0.3 is 0 Å². The lowest BCUT2D eigenvalue weighted by Crippen LogP contribution is -2.09. The van der Waals surface area contributed by atoms with Crippen molar-refractivity contribution in [2.75, 3.05) is 0 Å². The third kappa shape index (κ3) is 2.77. The summed E-state index contributed by atoms with van der Waals surface area (Å²) in [4.78, 5) is 0. The number of hydrogen-bond donors (Lipinski definition) is 0. The molecule has 0 nitrogen and oxygen atoms in total. The normalized spacial score (nSPS) is 13.0. The number of hydrogen-bond acceptors (Lipinski definition) is 0. The Bertz CT molecular complexity index is 364. The second-order valence-corrected chi connectivity index (χ2v) is 3.10. The molecule has 0 saturated heterocycles. The maximum atomic E-state index is 12.1. The topological polar surface area (TPSA) is 0 Å². The number of benzene rings is 1. The monoisotopic (exact) mass is 248 g/mol. The Kier molecular flexibility index (Phi) is 2.91. The summed E-state index contributed by atoms with van der Waals surface area (Å²) < 4.78 is 72.5. The molecule has 7 heteroatoms. The van der Waals surface area contributed by atoms with Gasteiger partial charge in [0.15, 0.2) is 0 Å². The molecule has 0 aliphatic rings. The van der Waals surface area contributed by atoms with Crippen LogP contribution in [0.15, 0.2) is 18.2 Å². The van der Waals surface area contributed by atoms with E-state index in [2.05, 4.69) is 0 Å². The summed E-state index contributed by atoms with van der Waals surface area (Å²) in [6, 6.07) is 0.907. The molecule has 0 aromatic heterocycles. The smallest absolute Gasteiger partial charge is 0.166 e. The minimum Gasteiger partial charge on any atom is -0.166 e. The molecule has 0 heterocycles. The van der Waals surface area contributed by atoms with E-state index >= 15 is 0 Å². The SMILES string of the molecule is FC(F)(F)c1ccc(C(F)(F)F)c(Cl)c1. The van der Waals surface area contributed by atoms with E-state index in [0.717, 1.165) is 0 Å². The molecule has 0 N–H and O–H groups in total. The molecule has 1 rings (SSSR count). The van der Waals surface area contributed by atoms with Crippen molar-refractivity contribution in [2.24, 2.45) is 0 Å². The Morgan fingerprint density at radius 2 is 1.40 bits per heavy atom. The van der Waals surface area contributed by atoms with Crippen molar-refractivity contribution in [1.29, 1.82) is 0 Å². The molecule has 0 amide bonds. The first-order valence-corrected chi connectivity index (χ1v) is 3.94. The van der Waals surface area contributed by atoms with Gasteiger partial charge in [0.1, 0.15) is 0 Å². The van der Waals surface area contributed by atoms with Gasteiger partial charge in [0, 0.05) is 0 Å². The fourth-order valence-electron chi connectivity index (χ4n) is 0.921. The van der Waals surface area contributed by atoms with Crippen molar-refractivity contribution >= 4 is 11.6 Å². The first-order chi connectivity index (χ1) is 6.62. The molecule has 0 spiro atoms. The number of alkyl halides is 6. The van der Waals surface area contributed by atoms with E-state index in [1.54, 1.807) is 0 Å². The molecule has 0 atom stereocenters. The second kappa shape index (κ2) is 3.59. The number of rotatable bonds is 0. The second-order valence-electron chi connectivity index (χ2n) is 2.69. The predicted octanol–water partition coefficient (Wildman–Crippen LogP) is 4.38. The van der Waals surface area contributed by atoms with E-state index in [9.17, 15) is 26.3 Å². The van der Waals surface area contributed by atoms with Crippen LogP contribution in [0.1, 0.15) is 11.1 Å². The highest BCUT2D eigenvalue weighted by Crippen LogP contribution is 2.38. The lowest BCUT2D eigenvalue weighted by Gasteiger charge is -2.11.